The molecule has 0 amide bonds. The Morgan fingerprint density at radius 1 is 1.33 bits per heavy atom. The Kier molecular flexibility index (Phi) is 6.61. The minimum Gasteiger partial charge on any atom is -0.329 e. The first kappa shape index (κ1) is 12.1. The average Bonchev–Trinajstić information content (AvgIpc) is 2.02. The van der Waals surface area contributed by atoms with Gasteiger partial charge in [0.1, 0.15) is 0 Å². The van der Waals surface area contributed by atoms with Crippen molar-refractivity contribution in [3.8, 4) is 0 Å². The monoisotopic (exact) mass is 196 g/mol. The summed E-state index contributed by atoms with van der Waals surface area (Å²) >= 11 is 0. The van der Waals surface area contributed by atoms with E-state index in [1.54, 1.807) is 13.8 Å². The molecule has 0 aliphatic heterocycles. The topological polar surface area (TPSA) is 73.6 Å². The molecule has 0 fully saturated rings. The Balaban J connectivity index is 3.90. The van der Waals surface area contributed by atoms with Gasteiger partial charge >= 0.3 is 7.75 Å². The lowest BCUT2D eigenvalue weighted by Gasteiger charge is -2.16. The summed E-state index contributed by atoms with van der Waals surface area (Å²) in [5.74, 6) is 0. The van der Waals surface area contributed by atoms with Gasteiger partial charge in [-0.15, -0.1) is 0 Å². The maximum Gasteiger partial charge on any atom is 0.405 e. The lowest BCUT2D eigenvalue weighted by molar-refractivity contribution is 0.211. The van der Waals surface area contributed by atoms with Gasteiger partial charge in [0.25, 0.3) is 0 Å². The number of rotatable bonds is 7. The fourth-order valence-corrected chi connectivity index (χ4v) is 2.01. The first-order valence-electron chi connectivity index (χ1n) is 4.02. The molecule has 0 spiro atoms. The van der Waals surface area contributed by atoms with Gasteiger partial charge in [0.2, 0.25) is 0 Å². The molecular weight excluding hydrogens is 179 g/mol. The van der Waals surface area contributed by atoms with E-state index < -0.39 is 7.75 Å². The van der Waals surface area contributed by atoms with Gasteiger partial charge in [-0.2, -0.15) is 0 Å². The molecule has 0 aromatic heterocycles. The van der Waals surface area contributed by atoms with Crippen LogP contribution < -0.4 is 10.8 Å². The summed E-state index contributed by atoms with van der Waals surface area (Å²) in [7, 11) is -3.07. The molecule has 0 aliphatic rings. The van der Waals surface area contributed by atoms with Crippen molar-refractivity contribution >= 4 is 7.75 Å². The average molecular weight is 196 g/mol. The third kappa shape index (κ3) is 4.85. The van der Waals surface area contributed by atoms with Crippen LogP contribution in [0.4, 0.5) is 0 Å². The Morgan fingerprint density at radius 3 is 2.17 bits per heavy atom. The molecular formula is C6H17N2O3P. The third-order valence-electron chi connectivity index (χ3n) is 1.05. The second-order valence-corrected chi connectivity index (χ2v) is 3.86. The lowest BCUT2D eigenvalue weighted by atomic mass is 10.7. The lowest BCUT2D eigenvalue weighted by Crippen LogP contribution is -2.22. The number of hydrogen-bond donors (Lipinski definition) is 2. The molecule has 5 nitrogen and oxygen atoms in total. The predicted octanol–water partition coefficient (Wildman–Crippen LogP) is 0.716. The van der Waals surface area contributed by atoms with Crippen LogP contribution in [0.3, 0.4) is 0 Å². The van der Waals surface area contributed by atoms with Gasteiger partial charge in [-0.3, -0.25) is 9.05 Å². The molecule has 3 N–H and O–H groups in total. The summed E-state index contributed by atoms with van der Waals surface area (Å²) in [6.45, 7) is 5.07. The number of nitrogens with one attached hydrogen (secondary N) is 1. The van der Waals surface area contributed by atoms with Crippen molar-refractivity contribution in [1.29, 1.82) is 0 Å². The van der Waals surface area contributed by atoms with Gasteiger partial charge in [0.05, 0.1) is 13.2 Å². The number of nitrogens with two attached hydrogens (primary N) is 1. The highest BCUT2D eigenvalue weighted by Gasteiger charge is 2.21. The van der Waals surface area contributed by atoms with Gasteiger partial charge in [0, 0.05) is 13.1 Å². The van der Waals surface area contributed by atoms with Crippen LogP contribution in [0, 0.1) is 0 Å². The molecule has 12 heavy (non-hydrogen) atoms. The zero-order valence-electron chi connectivity index (χ0n) is 7.58. The van der Waals surface area contributed by atoms with Crippen LogP contribution in [0.15, 0.2) is 0 Å². The summed E-state index contributed by atoms with van der Waals surface area (Å²) in [6.07, 6.45) is 0. The number of hydrogen-bond acceptors (Lipinski definition) is 4. The molecule has 0 aromatic carbocycles. The SMILES string of the molecule is CCOP(=O)(NCCN)OCC. The molecule has 0 atom stereocenters. The highest BCUT2D eigenvalue weighted by Crippen LogP contribution is 2.42. The Hall–Kier alpha value is 0.0700. The molecule has 0 aliphatic carbocycles. The normalized spacial score (nSPS) is 11.9. The van der Waals surface area contributed by atoms with Crippen LogP contribution in [0.25, 0.3) is 0 Å². The van der Waals surface area contributed by atoms with Crippen molar-refractivity contribution in [2.24, 2.45) is 5.73 Å². The van der Waals surface area contributed by atoms with E-state index in [2.05, 4.69) is 5.09 Å². The first-order chi connectivity index (χ1) is 5.68. The second kappa shape index (κ2) is 6.57. The predicted molar refractivity (Wildman–Crippen MR) is 47.9 cm³/mol. The fraction of sp³-hybridized carbons (Fsp3) is 1.00. The summed E-state index contributed by atoms with van der Waals surface area (Å²) in [4.78, 5) is 0. The van der Waals surface area contributed by atoms with Crippen LogP contribution in [0.1, 0.15) is 13.8 Å². The second-order valence-electron chi connectivity index (χ2n) is 2.03. The summed E-state index contributed by atoms with van der Waals surface area (Å²) in [5.41, 5.74) is 5.23. The van der Waals surface area contributed by atoms with Crippen LogP contribution >= 0.6 is 7.75 Å². The van der Waals surface area contributed by atoms with Crippen molar-refractivity contribution in [2.75, 3.05) is 26.3 Å². The Morgan fingerprint density at radius 2 is 1.83 bits per heavy atom. The highest BCUT2D eigenvalue weighted by atomic mass is 31.2. The highest BCUT2D eigenvalue weighted by molar-refractivity contribution is 7.51. The zero-order chi connectivity index (χ0) is 9.45. The maximum atomic E-state index is 11.6. The van der Waals surface area contributed by atoms with Crippen LogP contribution in [-0.4, -0.2) is 26.3 Å². The van der Waals surface area contributed by atoms with Crippen molar-refractivity contribution < 1.29 is 13.6 Å². The Labute approximate surface area is 73.2 Å². The van der Waals surface area contributed by atoms with Gasteiger partial charge in [-0.05, 0) is 13.8 Å². The van der Waals surface area contributed by atoms with Crippen molar-refractivity contribution in [3.63, 3.8) is 0 Å². The van der Waals surface area contributed by atoms with E-state index in [4.69, 9.17) is 14.8 Å². The molecule has 0 saturated carbocycles. The summed E-state index contributed by atoms with van der Waals surface area (Å²) in [5, 5.41) is 2.63. The van der Waals surface area contributed by atoms with Gasteiger partial charge < -0.3 is 5.73 Å². The first-order valence-corrected chi connectivity index (χ1v) is 5.57. The minimum absolute atomic E-state index is 0.356. The summed E-state index contributed by atoms with van der Waals surface area (Å²) < 4.78 is 21.4. The van der Waals surface area contributed by atoms with Gasteiger partial charge in [-0.1, -0.05) is 0 Å². The quantitative estimate of drug-likeness (QED) is 0.587. The van der Waals surface area contributed by atoms with E-state index in [0.717, 1.165) is 0 Å². The molecule has 0 saturated heterocycles. The molecule has 6 heteroatoms. The zero-order valence-corrected chi connectivity index (χ0v) is 8.47. The molecule has 0 bridgehead atoms. The van der Waals surface area contributed by atoms with Crippen molar-refractivity contribution in [2.45, 2.75) is 13.8 Å². The molecule has 0 heterocycles. The molecule has 0 radical (unpaired) electrons. The van der Waals surface area contributed by atoms with Crippen molar-refractivity contribution in [3.05, 3.63) is 0 Å². The minimum atomic E-state index is -3.07. The van der Waals surface area contributed by atoms with E-state index >= 15 is 0 Å². The van der Waals surface area contributed by atoms with Gasteiger partial charge in [-0.25, -0.2) is 9.65 Å². The van der Waals surface area contributed by atoms with E-state index in [9.17, 15) is 4.57 Å². The molecule has 0 rings (SSSR count). The molecule has 0 aromatic rings. The van der Waals surface area contributed by atoms with E-state index in [1.165, 1.54) is 0 Å². The van der Waals surface area contributed by atoms with E-state index in [0.29, 0.717) is 26.3 Å². The van der Waals surface area contributed by atoms with Crippen molar-refractivity contribution in [1.82, 2.24) is 5.09 Å². The van der Waals surface area contributed by atoms with E-state index in [-0.39, 0.29) is 0 Å². The molecule has 0 unspecified atom stereocenters. The van der Waals surface area contributed by atoms with Crippen LogP contribution in [0.2, 0.25) is 0 Å². The third-order valence-corrected chi connectivity index (χ3v) is 2.86. The standard InChI is InChI=1S/C6H17N2O3P/c1-3-10-12(9,11-4-2)8-6-5-7/h3-7H2,1-2H3,(H,8,9). The van der Waals surface area contributed by atoms with E-state index in [1.807, 2.05) is 0 Å². The maximum absolute atomic E-state index is 11.6. The largest absolute Gasteiger partial charge is 0.405 e. The fourth-order valence-electron chi connectivity index (χ4n) is 0.670. The Bertz CT molecular complexity index is 144. The van der Waals surface area contributed by atoms with Gasteiger partial charge in [0.15, 0.2) is 0 Å². The van der Waals surface area contributed by atoms with Crippen LogP contribution in [0.5, 0.6) is 0 Å². The van der Waals surface area contributed by atoms with Crippen LogP contribution in [-0.2, 0) is 13.6 Å². The smallest absolute Gasteiger partial charge is 0.329 e. The summed E-state index contributed by atoms with van der Waals surface area (Å²) in [6, 6.07) is 0. The molecule has 74 valence electrons.